The minimum absolute atomic E-state index is 0.0981. The monoisotopic (exact) mass is 246 g/mol. The Bertz CT molecular complexity index is 400. The van der Waals surface area contributed by atoms with E-state index >= 15 is 0 Å². The molecule has 0 saturated carbocycles. The molecule has 0 spiro atoms. The van der Waals surface area contributed by atoms with E-state index in [4.69, 9.17) is 5.73 Å². The van der Waals surface area contributed by atoms with Gasteiger partial charge in [-0.1, -0.05) is 32.0 Å². The largest absolute Gasteiger partial charge is 0.368 e. The van der Waals surface area contributed by atoms with Gasteiger partial charge in [0.25, 0.3) is 0 Å². The standard InChI is InChI=1S/C16H26N2/c1-11-9-12(2)14(4)18(10-11)16-8-6-5-7-15(16)13(3)17/h5-8,11-14H,9-10,17H2,1-4H3. The second kappa shape index (κ2) is 5.31. The van der Waals surface area contributed by atoms with E-state index in [0.29, 0.717) is 6.04 Å². The van der Waals surface area contributed by atoms with E-state index in [1.54, 1.807) is 0 Å². The van der Waals surface area contributed by atoms with Gasteiger partial charge in [-0.15, -0.1) is 0 Å². The summed E-state index contributed by atoms with van der Waals surface area (Å²) in [5.41, 5.74) is 8.71. The zero-order valence-electron chi connectivity index (χ0n) is 12.1. The van der Waals surface area contributed by atoms with Gasteiger partial charge in [0.2, 0.25) is 0 Å². The van der Waals surface area contributed by atoms with Crippen molar-refractivity contribution in [1.82, 2.24) is 0 Å². The topological polar surface area (TPSA) is 29.3 Å². The van der Waals surface area contributed by atoms with Crippen LogP contribution in [-0.2, 0) is 0 Å². The van der Waals surface area contributed by atoms with Crippen LogP contribution in [0.1, 0.15) is 45.7 Å². The lowest BCUT2D eigenvalue weighted by Gasteiger charge is -2.43. The molecule has 1 aromatic rings. The molecule has 0 aromatic heterocycles. The number of rotatable bonds is 2. The van der Waals surface area contributed by atoms with Crippen LogP contribution in [0.5, 0.6) is 0 Å². The van der Waals surface area contributed by atoms with Crippen molar-refractivity contribution in [3.05, 3.63) is 29.8 Å². The lowest BCUT2D eigenvalue weighted by Crippen LogP contribution is -2.46. The lowest BCUT2D eigenvalue weighted by molar-refractivity contribution is 0.296. The quantitative estimate of drug-likeness (QED) is 0.864. The van der Waals surface area contributed by atoms with Crippen LogP contribution < -0.4 is 10.6 Å². The van der Waals surface area contributed by atoms with Gasteiger partial charge in [-0.3, -0.25) is 0 Å². The van der Waals surface area contributed by atoms with Crippen molar-refractivity contribution in [2.24, 2.45) is 17.6 Å². The number of para-hydroxylation sites is 1. The normalized spacial score (nSPS) is 30.3. The Hall–Kier alpha value is -1.02. The summed E-state index contributed by atoms with van der Waals surface area (Å²) >= 11 is 0. The molecule has 2 nitrogen and oxygen atoms in total. The molecule has 0 radical (unpaired) electrons. The first-order chi connectivity index (χ1) is 8.50. The molecule has 18 heavy (non-hydrogen) atoms. The summed E-state index contributed by atoms with van der Waals surface area (Å²) in [4.78, 5) is 2.55. The van der Waals surface area contributed by atoms with Crippen LogP contribution in [0.25, 0.3) is 0 Å². The molecule has 0 bridgehead atoms. The van der Waals surface area contributed by atoms with Crippen molar-refractivity contribution in [2.45, 2.75) is 46.2 Å². The highest BCUT2D eigenvalue weighted by Gasteiger charge is 2.30. The minimum atomic E-state index is 0.0981. The highest BCUT2D eigenvalue weighted by Crippen LogP contribution is 2.34. The lowest BCUT2D eigenvalue weighted by atomic mass is 9.85. The van der Waals surface area contributed by atoms with Crippen LogP contribution >= 0.6 is 0 Å². The summed E-state index contributed by atoms with van der Waals surface area (Å²) in [6.45, 7) is 10.3. The molecule has 2 rings (SSSR count). The third kappa shape index (κ3) is 2.54. The number of benzene rings is 1. The average Bonchev–Trinajstić information content (AvgIpc) is 2.33. The first kappa shape index (κ1) is 13.4. The summed E-state index contributed by atoms with van der Waals surface area (Å²) in [6.07, 6.45) is 1.33. The number of hydrogen-bond donors (Lipinski definition) is 1. The average molecular weight is 246 g/mol. The Morgan fingerprint density at radius 2 is 1.89 bits per heavy atom. The molecular formula is C16H26N2. The molecule has 1 aromatic carbocycles. The number of hydrogen-bond acceptors (Lipinski definition) is 2. The zero-order valence-corrected chi connectivity index (χ0v) is 12.1. The maximum absolute atomic E-state index is 6.11. The smallest absolute Gasteiger partial charge is 0.0417 e. The Labute approximate surface area is 111 Å². The molecule has 4 atom stereocenters. The van der Waals surface area contributed by atoms with Crippen molar-refractivity contribution in [3.63, 3.8) is 0 Å². The van der Waals surface area contributed by atoms with Crippen molar-refractivity contribution in [1.29, 1.82) is 0 Å². The second-order valence-electron chi connectivity index (χ2n) is 6.06. The Kier molecular flexibility index (Phi) is 3.96. The minimum Gasteiger partial charge on any atom is -0.368 e. The first-order valence-electron chi connectivity index (χ1n) is 7.11. The van der Waals surface area contributed by atoms with Gasteiger partial charge in [-0.05, 0) is 43.7 Å². The Morgan fingerprint density at radius 1 is 1.22 bits per heavy atom. The molecule has 2 N–H and O–H groups in total. The predicted molar refractivity (Wildman–Crippen MR) is 78.8 cm³/mol. The summed E-state index contributed by atoms with van der Waals surface area (Å²) in [6, 6.07) is 9.29. The Morgan fingerprint density at radius 3 is 2.56 bits per heavy atom. The van der Waals surface area contributed by atoms with Crippen LogP contribution in [0.15, 0.2) is 24.3 Å². The number of anilines is 1. The van der Waals surface area contributed by atoms with Gasteiger partial charge >= 0.3 is 0 Å². The summed E-state index contributed by atoms with van der Waals surface area (Å²) in [5.74, 6) is 1.51. The molecule has 4 unspecified atom stereocenters. The highest BCUT2D eigenvalue weighted by atomic mass is 15.2. The molecule has 1 fully saturated rings. The van der Waals surface area contributed by atoms with E-state index in [2.05, 4.69) is 56.9 Å². The number of piperidine rings is 1. The van der Waals surface area contributed by atoms with Crippen LogP contribution in [0, 0.1) is 11.8 Å². The molecule has 0 amide bonds. The van der Waals surface area contributed by atoms with Gasteiger partial charge in [-0.2, -0.15) is 0 Å². The van der Waals surface area contributed by atoms with E-state index in [-0.39, 0.29) is 6.04 Å². The third-order valence-electron chi connectivity index (χ3n) is 4.33. The van der Waals surface area contributed by atoms with Crippen molar-refractivity contribution < 1.29 is 0 Å². The fourth-order valence-corrected chi connectivity index (χ4v) is 3.17. The maximum atomic E-state index is 6.11. The molecule has 100 valence electrons. The highest BCUT2D eigenvalue weighted by molar-refractivity contribution is 5.56. The van der Waals surface area contributed by atoms with Crippen LogP contribution in [0.2, 0.25) is 0 Å². The van der Waals surface area contributed by atoms with Gasteiger partial charge in [0.1, 0.15) is 0 Å². The molecule has 1 heterocycles. The maximum Gasteiger partial charge on any atom is 0.0417 e. The Balaban J connectivity index is 2.35. The fraction of sp³-hybridized carbons (Fsp3) is 0.625. The molecule has 1 saturated heterocycles. The molecule has 2 heteroatoms. The van der Waals surface area contributed by atoms with Gasteiger partial charge in [0, 0.05) is 24.3 Å². The van der Waals surface area contributed by atoms with Gasteiger partial charge in [-0.25, -0.2) is 0 Å². The van der Waals surface area contributed by atoms with E-state index in [9.17, 15) is 0 Å². The van der Waals surface area contributed by atoms with Gasteiger partial charge < -0.3 is 10.6 Å². The second-order valence-corrected chi connectivity index (χ2v) is 6.06. The zero-order chi connectivity index (χ0) is 13.3. The predicted octanol–water partition coefficient (Wildman–Crippen LogP) is 3.58. The van der Waals surface area contributed by atoms with Crippen molar-refractivity contribution in [3.8, 4) is 0 Å². The van der Waals surface area contributed by atoms with Crippen LogP contribution in [0.3, 0.4) is 0 Å². The summed E-state index contributed by atoms with van der Waals surface area (Å²) in [7, 11) is 0. The summed E-state index contributed by atoms with van der Waals surface area (Å²) < 4.78 is 0. The summed E-state index contributed by atoms with van der Waals surface area (Å²) in [5, 5.41) is 0. The van der Waals surface area contributed by atoms with Gasteiger partial charge in [0.15, 0.2) is 0 Å². The van der Waals surface area contributed by atoms with Gasteiger partial charge in [0.05, 0.1) is 0 Å². The van der Waals surface area contributed by atoms with Crippen molar-refractivity contribution in [2.75, 3.05) is 11.4 Å². The van der Waals surface area contributed by atoms with Crippen LogP contribution in [0.4, 0.5) is 5.69 Å². The van der Waals surface area contributed by atoms with E-state index < -0.39 is 0 Å². The molecule has 1 aliphatic heterocycles. The van der Waals surface area contributed by atoms with E-state index in [1.165, 1.54) is 17.7 Å². The molecule has 0 aliphatic carbocycles. The first-order valence-corrected chi connectivity index (χ1v) is 7.11. The van der Waals surface area contributed by atoms with Crippen LogP contribution in [-0.4, -0.2) is 12.6 Å². The SMILES string of the molecule is CC1CC(C)C(C)N(c2ccccc2C(C)N)C1. The fourth-order valence-electron chi connectivity index (χ4n) is 3.17. The third-order valence-corrected chi connectivity index (χ3v) is 4.33. The number of nitrogens with two attached hydrogens (primary N) is 1. The van der Waals surface area contributed by atoms with E-state index in [0.717, 1.165) is 18.4 Å². The molecule has 1 aliphatic rings. The van der Waals surface area contributed by atoms with Crippen molar-refractivity contribution >= 4 is 5.69 Å². The van der Waals surface area contributed by atoms with E-state index in [1.807, 2.05) is 0 Å². The molecular weight excluding hydrogens is 220 g/mol. The number of nitrogens with zero attached hydrogens (tertiary/aromatic N) is 1.